The van der Waals surface area contributed by atoms with Crippen LogP contribution in [0.25, 0.3) is 0 Å². The molecule has 6 heteroatoms. The molecule has 0 N–H and O–H groups in total. The average Bonchev–Trinajstić information content (AvgIpc) is 2.36. The molecule has 1 aromatic carbocycles. The quantitative estimate of drug-likeness (QED) is 0.454. The topological polar surface area (TPSA) is 35.4 Å². The highest BCUT2D eigenvalue weighted by Gasteiger charge is 2.28. The van der Waals surface area contributed by atoms with Crippen molar-refractivity contribution in [2.75, 3.05) is 5.88 Å². The molecule has 112 valence electrons. The number of nitrogens with zero attached hydrogens (tertiary/aromatic N) is 1. The van der Waals surface area contributed by atoms with Crippen molar-refractivity contribution >= 4 is 28.7 Å². The van der Waals surface area contributed by atoms with Gasteiger partial charge in [0.1, 0.15) is 33.5 Å². The third kappa shape index (κ3) is 5.04. The molecule has 0 heterocycles. The molecule has 0 fully saturated rings. The van der Waals surface area contributed by atoms with E-state index in [4.69, 9.17) is 11.6 Å². The highest BCUT2D eigenvalue weighted by molar-refractivity contribution is 7.91. The summed E-state index contributed by atoms with van der Waals surface area (Å²) >= 11 is 4.10. The maximum absolute atomic E-state index is 13.8. The predicted molar refractivity (Wildman–Crippen MR) is 80.7 cm³/mol. The molecule has 1 atom stereocenters. The first-order chi connectivity index (χ1) is 9.25. The molecule has 1 rings (SSSR count). The molecule has 1 unspecified atom stereocenters. The smallest absolute Gasteiger partial charge is 0.144 e. The Balaban J connectivity index is 3.18. The lowest BCUT2D eigenvalue weighted by molar-refractivity contribution is 0.561. The van der Waals surface area contributed by atoms with E-state index in [1.165, 1.54) is 0 Å². The molecule has 0 spiro atoms. The predicted octanol–water partition coefficient (Wildman–Crippen LogP) is 4.24. The van der Waals surface area contributed by atoms with Crippen LogP contribution in [0.2, 0.25) is 0 Å². The van der Waals surface area contributed by atoms with E-state index in [0.29, 0.717) is 18.7 Å². The summed E-state index contributed by atoms with van der Waals surface area (Å²) < 4.78 is 42.7. The molecule has 20 heavy (non-hydrogen) atoms. The maximum Gasteiger partial charge on any atom is 0.144 e. The Kier molecular flexibility index (Phi) is 6.43. The normalized spacial score (nSPS) is 14.4. The van der Waals surface area contributed by atoms with E-state index in [-0.39, 0.29) is 11.3 Å². The van der Waals surface area contributed by atoms with E-state index >= 15 is 0 Å². The van der Waals surface area contributed by atoms with Crippen LogP contribution in [0, 0.1) is 11.6 Å². The van der Waals surface area contributed by atoms with Crippen LogP contribution in [0.3, 0.4) is 0 Å². The van der Waals surface area contributed by atoms with E-state index in [1.54, 1.807) is 20.8 Å². The minimum Gasteiger partial charge on any atom is -0.591 e. The van der Waals surface area contributed by atoms with Gasteiger partial charge in [-0.25, -0.2) is 8.78 Å². The number of halogens is 3. The lowest BCUT2D eigenvalue weighted by Crippen LogP contribution is -2.27. The van der Waals surface area contributed by atoms with Gasteiger partial charge in [0.05, 0.1) is 0 Å². The Bertz CT molecular complexity index is 489. The van der Waals surface area contributed by atoms with Crippen LogP contribution in [0.4, 0.5) is 8.78 Å². The lowest BCUT2D eigenvalue weighted by Gasteiger charge is -2.19. The Morgan fingerprint density at radius 1 is 1.35 bits per heavy atom. The first-order valence-corrected chi connectivity index (χ1v) is 7.91. The van der Waals surface area contributed by atoms with Crippen molar-refractivity contribution in [1.82, 2.24) is 0 Å². The number of rotatable bonds is 5. The van der Waals surface area contributed by atoms with Crippen LogP contribution >= 0.6 is 11.6 Å². The maximum atomic E-state index is 13.8. The first kappa shape index (κ1) is 17.4. The minimum atomic E-state index is -1.53. The fourth-order valence-electron chi connectivity index (χ4n) is 1.42. The third-order valence-corrected chi connectivity index (χ3v) is 4.20. The Morgan fingerprint density at radius 3 is 2.55 bits per heavy atom. The average molecular weight is 322 g/mol. The van der Waals surface area contributed by atoms with Crippen molar-refractivity contribution in [2.45, 2.75) is 38.4 Å². The van der Waals surface area contributed by atoms with Crippen molar-refractivity contribution in [2.24, 2.45) is 4.40 Å². The summed E-state index contributed by atoms with van der Waals surface area (Å²) in [5.41, 5.74) is 0.337. The molecule has 0 bridgehead atoms. The number of benzene rings is 1. The van der Waals surface area contributed by atoms with E-state index in [2.05, 4.69) is 4.40 Å². The molecule has 0 aliphatic carbocycles. The van der Waals surface area contributed by atoms with Crippen LogP contribution < -0.4 is 0 Å². The Morgan fingerprint density at radius 2 is 2.00 bits per heavy atom. The van der Waals surface area contributed by atoms with E-state index in [9.17, 15) is 13.3 Å². The second-order valence-electron chi connectivity index (χ2n) is 5.32. The van der Waals surface area contributed by atoms with Gasteiger partial charge in [-0.3, -0.25) is 0 Å². The minimum absolute atomic E-state index is 0.0488. The molecule has 0 amide bonds. The van der Waals surface area contributed by atoms with Crippen LogP contribution in [-0.2, 0) is 11.4 Å². The fourth-order valence-corrected chi connectivity index (χ4v) is 2.22. The summed E-state index contributed by atoms with van der Waals surface area (Å²) in [5.74, 6) is -0.759. The van der Waals surface area contributed by atoms with Gasteiger partial charge in [0, 0.05) is 11.4 Å². The zero-order chi connectivity index (χ0) is 15.3. The van der Waals surface area contributed by atoms with E-state index < -0.39 is 27.7 Å². The van der Waals surface area contributed by atoms with Gasteiger partial charge in [0.25, 0.3) is 0 Å². The number of hydrogen-bond acceptors (Lipinski definition) is 2. The third-order valence-electron chi connectivity index (χ3n) is 2.50. The van der Waals surface area contributed by atoms with Crippen molar-refractivity contribution in [3.05, 3.63) is 35.4 Å². The van der Waals surface area contributed by atoms with Crippen molar-refractivity contribution < 1.29 is 13.3 Å². The van der Waals surface area contributed by atoms with Crippen LogP contribution in [0.1, 0.15) is 39.2 Å². The molecule has 1 aromatic rings. The summed E-state index contributed by atoms with van der Waals surface area (Å²) in [6.07, 6.45) is 0.906. The number of alkyl halides is 1. The van der Waals surface area contributed by atoms with Gasteiger partial charge < -0.3 is 4.55 Å². The molecule has 0 aliphatic heterocycles. The summed E-state index contributed by atoms with van der Waals surface area (Å²) in [6, 6.07) is 3.15. The van der Waals surface area contributed by atoms with E-state index in [0.717, 1.165) is 18.2 Å². The van der Waals surface area contributed by atoms with Crippen molar-refractivity contribution in [3.63, 3.8) is 0 Å². The Hall–Kier alpha value is -0.650. The molecule has 0 saturated heterocycles. The van der Waals surface area contributed by atoms with Gasteiger partial charge in [0.15, 0.2) is 0 Å². The standard InChI is InChI=1S/C14H18ClF2NOS/c1-14(2,3)20(19)18-13(5-4-8-15)11-9-10(16)6-7-12(11)17/h6-7,9H,4-5,8H2,1-3H3/b18-13-. The monoisotopic (exact) mass is 321 g/mol. The summed E-state index contributed by atoms with van der Waals surface area (Å²) in [5, 5.41) is 0. The molecular weight excluding hydrogens is 304 g/mol. The van der Waals surface area contributed by atoms with Crippen LogP contribution in [0.5, 0.6) is 0 Å². The number of hydrogen-bond donors (Lipinski definition) is 0. The fraction of sp³-hybridized carbons (Fsp3) is 0.500. The van der Waals surface area contributed by atoms with Crippen molar-refractivity contribution in [3.8, 4) is 0 Å². The molecule has 0 radical (unpaired) electrons. The molecule has 0 saturated carbocycles. The lowest BCUT2D eigenvalue weighted by atomic mass is 10.1. The van der Waals surface area contributed by atoms with Gasteiger partial charge in [-0.15, -0.1) is 11.6 Å². The SMILES string of the molecule is CC(C)(C)[S+]([O-])/N=C(/CCCCl)c1cc(F)ccc1F. The second-order valence-corrected chi connectivity index (χ2v) is 7.60. The van der Waals surface area contributed by atoms with Crippen LogP contribution in [-0.4, -0.2) is 20.9 Å². The second kappa shape index (κ2) is 7.38. The van der Waals surface area contributed by atoms with Crippen LogP contribution in [0.15, 0.2) is 22.6 Å². The molecule has 2 nitrogen and oxygen atoms in total. The molecular formula is C14H18ClF2NOS. The van der Waals surface area contributed by atoms with Gasteiger partial charge in [0.2, 0.25) is 0 Å². The Labute approximate surface area is 126 Å². The van der Waals surface area contributed by atoms with Crippen molar-refractivity contribution in [1.29, 1.82) is 0 Å². The first-order valence-electron chi connectivity index (χ1n) is 6.26. The highest BCUT2D eigenvalue weighted by Crippen LogP contribution is 2.21. The molecule has 0 aromatic heterocycles. The summed E-state index contributed by atoms with van der Waals surface area (Å²) in [7, 11) is 0. The summed E-state index contributed by atoms with van der Waals surface area (Å²) in [6.45, 7) is 5.31. The summed E-state index contributed by atoms with van der Waals surface area (Å²) in [4.78, 5) is 0. The van der Waals surface area contributed by atoms with Gasteiger partial charge in [-0.2, -0.15) is 0 Å². The largest absolute Gasteiger partial charge is 0.591 e. The van der Waals surface area contributed by atoms with Gasteiger partial charge in [-0.1, -0.05) is 4.40 Å². The zero-order valence-electron chi connectivity index (χ0n) is 11.8. The van der Waals surface area contributed by atoms with Gasteiger partial charge in [-0.05, 0) is 51.8 Å². The highest BCUT2D eigenvalue weighted by atomic mass is 35.5. The zero-order valence-corrected chi connectivity index (χ0v) is 13.3. The van der Waals surface area contributed by atoms with Gasteiger partial charge >= 0.3 is 0 Å². The molecule has 0 aliphatic rings. The van der Waals surface area contributed by atoms with E-state index in [1.807, 2.05) is 0 Å².